The van der Waals surface area contributed by atoms with Crippen molar-refractivity contribution in [3.05, 3.63) is 23.8 Å². The molecule has 0 radical (unpaired) electrons. The minimum Gasteiger partial charge on any atom is -1.00 e. The van der Waals surface area contributed by atoms with Gasteiger partial charge in [-0.25, -0.2) is 4.90 Å². The van der Waals surface area contributed by atoms with E-state index in [2.05, 4.69) is 32.9 Å². The van der Waals surface area contributed by atoms with Gasteiger partial charge in [0.15, 0.2) is 5.70 Å². The maximum absolute atomic E-state index is 10.4. The van der Waals surface area contributed by atoms with Gasteiger partial charge in [-0.1, -0.05) is 0 Å². The first kappa shape index (κ1) is 17.4. The van der Waals surface area contributed by atoms with Crippen molar-refractivity contribution in [1.82, 2.24) is 5.32 Å². The fourth-order valence-corrected chi connectivity index (χ4v) is 3.91. The molecule has 0 aromatic rings. The molecule has 1 saturated carbocycles. The molecule has 1 unspecified atom stereocenters. The van der Waals surface area contributed by atoms with Crippen molar-refractivity contribution in [2.24, 2.45) is 21.8 Å². The lowest BCUT2D eigenvalue weighted by Gasteiger charge is -2.28. The van der Waals surface area contributed by atoms with Crippen LogP contribution in [-0.4, -0.2) is 22.7 Å². The fourth-order valence-electron chi connectivity index (χ4n) is 3.18. The summed E-state index contributed by atoms with van der Waals surface area (Å²) in [4.78, 5) is 20.6. The highest BCUT2D eigenvalue weighted by molar-refractivity contribution is 14.1. The first-order valence-corrected chi connectivity index (χ1v) is 8.23. The Morgan fingerprint density at radius 3 is 2.82 bits per heavy atom. The summed E-state index contributed by atoms with van der Waals surface area (Å²) < 4.78 is 1.04. The second kappa shape index (κ2) is 7.56. The largest absolute Gasteiger partial charge is 1.00 e. The second-order valence-corrected chi connectivity index (χ2v) is 6.62. The monoisotopic (exact) mass is 435 g/mol. The number of fused-ring (bicyclic) bond motifs is 1. The summed E-state index contributed by atoms with van der Waals surface area (Å²) in [5.74, 6) is 0.872. The molecule has 120 valence electrons. The predicted octanol–water partition coefficient (Wildman–Crippen LogP) is -2.81. The van der Waals surface area contributed by atoms with Crippen LogP contribution in [0.15, 0.2) is 33.8 Å². The van der Waals surface area contributed by atoms with E-state index in [1.807, 2.05) is 12.4 Å². The summed E-state index contributed by atoms with van der Waals surface area (Å²) in [5, 5.41) is 12.8. The van der Waals surface area contributed by atoms with E-state index in [1.165, 1.54) is 10.6 Å². The fraction of sp³-hybridized carbons (Fsp3) is 0.500. The van der Waals surface area contributed by atoms with Crippen LogP contribution in [0.1, 0.15) is 25.7 Å². The SMILES string of the molecule is O=C([O-])NCC1CCC(C2=C3C=NC=C[NH+]3C(I)=N2)CC1.[Cl-]. The molecular formula is C14H17ClIN4O2-. The first-order chi connectivity index (χ1) is 10.1. The summed E-state index contributed by atoms with van der Waals surface area (Å²) in [6.45, 7) is 0.503. The van der Waals surface area contributed by atoms with Gasteiger partial charge < -0.3 is 27.6 Å². The molecule has 1 atom stereocenters. The van der Waals surface area contributed by atoms with Crippen molar-refractivity contribution >= 4 is 38.7 Å². The summed E-state index contributed by atoms with van der Waals surface area (Å²) in [6, 6.07) is 0. The van der Waals surface area contributed by atoms with Gasteiger partial charge in [0, 0.05) is 12.5 Å². The number of hydrogen-bond donors (Lipinski definition) is 2. The predicted molar refractivity (Wildman–Crippen MR) is 85.9 cm³/mol. The number of allylic oxidation sites excluding steroid dienone is 2. The van der Waals surface area contributed by atoms with Crippen LogP contribution in [0.3, 0.4) is 0 Å². The highest BCUT2D eigenvalue weighted by Crippen LogP contribution is 2.35. The number of halogens is 2. The van der Waals surface area contributed by atoms with Crippen LogP contribution in [0.25, 0.3) is 0 Å². The van der Waals surface area contributed by atoms with Gasteiger partial charge in [0.05, 0.1) is 35.0 Å². The maximum atomic E-state index is 10.4. The molecule has 0 spiro atoms. The normalized spacial score (nSPS) is 29.7. The van der Waals surface area contributed by atoms with Gasteiger partial charge in [0.25, 0.3) is 3.84 Å². The summed E-state index contributed by atoms with van der Waals surface area (Å²) in [6.07, 6.45) is 8.70. The molecule has 2 N–H and O–H groups in total. The van der Waals surface area contributed by atoms with Gasteiger partial charge >= 0.3 is 0 Å². The smallest absolute Gasteiger partial charge is 0.272 e. The lowest BCUT2D eigenvalue weighted by molar-refractivity contribution is -0.684. The molecule has 1 aliphatic carbocycles. The molecule has 1 fully saturated rings. The molecule has 0 bridgehead atoms. The van der Waals surface area contributed by atoms with E-state index in [0.29, 0.717) is 18.4 Å². The highest BCUT2D eigenvalue weighted by Gasteiger charge is 2.35. The van der Waals surface area contributed by atoms with E-state index in [0.717, 1.165) is 35.2 Å². The van der Waals surface area contributed by atoms with E-state index in [-0.39, 0.29) is 12.4 Å². The standard InChI is InChI=1S/C14H17IN4O2.ClH/c15-13-18-12(11-8-16-5-6-19(11)13)10-3-1-9(2-4-10)7-17-14(20)21;/h5-6,8-10,17H,1-4,7H2,(H,20,21);1H/p-1. The van der Waals surface area contributed by atoms with Crippen LogP contribution in [0.4, 0.5) is 4.79 Å². The molecule has 3 aliphatic rings. The third kappa shape index (κ3) is 3.69. The number of carbonyl (C=O) groups excluding carboxylic acids is 1. The average Bonchev–Trinajstić information content (AvgIpc) is 2.83. The second-order valence-electron chi connectivity index (χ2n) is 5.60. The summed E-state index contributed by atoms with van der Waals surface area (Å²) >= 11 is 2.28. The lowest BCUT2D eigenvalue weighted by atomic mass is 9.80. The Morgan fingerprint density at radius 2 is 2.14 bits per heavy atom. The first-order valence-electron chi connectivity index (χ1n) is 7.15. The van der Waals surface area contributed by atoms with Crippen molar-refractivity contribution in [2.75, 3.05) is 6.54 Å². The molecule has 8 heteroatoms. The number of quaternary nitrogens is 1. The summed E-state index contributed by atoms with van der Waals surface area (Å²) in [5.41, 5.74) is 2.33. The number of carboxylic acid groups (broad SMARTS) is 1. The van der Waals surface area contributed by atoms with Gasteiger partial charge in [-0.3, -0.25) is 4.99 Å². The van der Waals surface area contributed by atoms with Crippen molar-refractivity contribution in [3.63, 3.8) is 0 Å². The number of rotatable bonds is 3. The third-order valence-electron chi connectivity index (χ3n) is 4.31. The third-order valence-corrected chi connectivity index (χ3v) is 5.13. The topological polar surface area (TPSA) is 81.3 Å². The molecule has 0 aromatic heterocycles. The molecule has 3 rings (SSSR count). The van der Waals surface area contributed by atoms with Gasteiger partial charge in [0.1, 0.15) is 18.0 Å². The van der Waals surface area contributed by atoms with Gasteiger partial charge in [-0.2, -0.15) is 4.99 Å². The van der Waals surface area contributed by atoms with Crippen molar-refractivity contribution in [1.29, 1.82) is 0 Å². The minimum absolute atomic E-state index is 0. The van der Waals surface area contributed by atoms with Gasteiger partial charge in [0.2, 0.25) is 0 Å². The van der Waals surface area contributed by atoms with Crippen LogP contribution in [0.5, 0.6) is 0 Å². The van der Waals surface area contributed by atoms with Crippen LogP contribution >= 0.6 is 22.6 Å². The molecule has 2 heterocycles. The Morgan fingerprint density at radius 1 is 1.41 bits per heavy atom. The number of amides is 1. The van der Waals surface area contributed by atoms with Crippen molar-refractivity contribution in [2.45, 2.75) is 25.7 Å². The number of amidine groups is 1. The summed E-state index contributed by atoms with van der Waals surface area (Å²) in [7, 11) is 0. The molecule has 2 aliphatic heterocycles. The molecule has 22 heavy (non-hydrogen) atoms. The van der Waals surface area contributed by atoms with Crippen LogP contribution in [0, 0.1) is 11.8 Å². The van der Waals surface area contributed by atoms with Gasteiger partial charge in [-0.15, -0.1) is 0 Å². The Kier molecular flexibility index (Phi) is 5.99. The lowest BCUT2D eigenvalue weighted by Crippen LogP contribution is -3.07. The van der Waals surface area contributed by atoms with E-state index in [9.17, 15) is 9.90 Å². The zero-order valence-electron chi connectivity index (χ0n) is 11.9. The van der Waals surface area contributed by atoms with E-state index in [1.54, 1.807) is 6.20 Å². The minimum atomic E-state index is -1.18. The number of hydrogen-bond acceptors (Lipinski definition) is 4. The van der Waals surface area contributed by atoms with Crippen LogP contribution < -0.4 is 27.7 Å². The molecule has 1 amide bonds. The van der Waals surface area contributed by atoms with Crippen LogP contribution in [-0.2, 0) is 0 Å². The van der Waals surface area contributed by atoms with Crippen LogP contribution in [0.2, 0.25) is 0 Å². The zero-order chi connectivity index (χ0) is 14.8. The molecule has 0 saturated heterocycles. The number of carbonyl (C=O) groups is 1. The highest BCUT2D eigenvalue weighted by atomic mass is 127. The van der Waals surface area contributed by atoms with Gasteiger partial charge in [-0.05, 0) is 31.6 Å². The van der Waals surface area contributed by atoms with Crippen molar-refractivity contribution in [3.8, 4) is 0 Å². The van der Waals surface area contributed by atoms with E-state index < -0.39 is 6.09 Å². The average molecular weight is 436 g/mol. The Hall–Kier alpha value is -0.930. The molecule has 6 nitrogen and oxygen atoms in total. The van der Waals surface area contributed by atoms with E-state index >= 15 is 0 Å². The number of aliphatic imine (C=N–C) groups is 2. The Balaban J connectivity index is 0.00000176. The molecular weight excluding hydrogens is 419 g/mol. The maximum Gasteiger partial charge on any atom is 0.272 e. The Labute approximate surface area is 149 Å². The zero-order valence-corrected chi connectivity index (χ0v) is 14.8. The quantitative estimate of drug-likeness (QED) is 0.371. The number of nitrogens with zero attached hydrogens (tertiary/aromatic N) is 2. The number of nitrogens with one attached hydrogen (secondary N) is 2. The Bertz CT molecular complexity index is 565. The van der Waals surface area contributed by atoms with Crippen molar-refractivity contribution < 1.29 is 27.2 Å². The molecule has 0 aromatic carbocycles. The van der Waals surface area contributed by atoms with E-state index in [4.69, 9.17) is 4.99 Å².